The molecule has 16 heavy (non-hydrogen) atoms. The van der Waals surface area contributed by atoms with Gasteiger partial charge in [-0.25, -0.2) is 4.98 Å². The number of aryl methyl sites for hydroxylation is 1. The number of H-pyrrole nitrogens is 1. The Bertz CT molecular complexity index is 553. The molecule has 5 heteroatoms. The molecule has 2 aromatic rings. The third-order valence-electron chi connectivity index (χ3n) is 2.46. The zero-order chi connectivity index (χ0) is 11.7. The largest absolute Gasteiger partial charge is 0.345 e. The standard InChI is InChI=1S/C11H14N4S/c1-7(2)9-10(12-6-13-11(9)16)8-4-14-15(3)5-8/h4-7H,1-3H3,(H,12,13,16). The zero-order valence-corrected chi connectivity index (χ0v) is 10.4. The first-order chi connectivity index (χ1) is 7.59. The lowest BCUT2D eigenvalue weighted by molar-refractivity contribution is 0.768. The highest BCUT2D eigenvalue weighted by Gasteiger charge is 2.12. The van der Waals surface area contributed by atoms with Gasteiger partial charge in [-0.05, 0) is 5.92 Å². The summed E-state index contributed by atoms with van der Waals surface area (Å²) in [4.78, 5) is 7.28. The smallest absolute Gasteiger partial charge is 0.133 e. The van der Waals surface area contributed by atoms with E-state index in [4.69, 9.17) is 12.2 Å². The monoisotopic (exact) mass is 234 g/mol. The second kappa shape index (κ2) is 4.17. The van der Waals surface area contributed by atoms with Crippen molar-refractivity contribution in [1.29, 1.82) is 0 Å². The van der Waals surface area contributed by atoms with Crippen molar-refractivity contribution >= 4 is 12.2 Å². The molecular weight excluding hydrogens is 220 g/mol. The zero-order valence-electron chi connectivity index (χ0n) is 9.56. The fourth-order valence-corrected chi connectivity index (χ4v) is 2.12. The van der Waals surface area contributed by atoms with Crippen molar-refractivity contribution in [2.24, 2.45) is 7.05 Å². The number of aromatic nitrogens is 4. The van der Waals surface area contributed by atoms with E-state index in [1.807, 2.05) is 19.4 Å². The maximum Gasteiger partial charge on any atom is 0.133 e. The van der Waals surface area contributed by atoms with Crippen molar-refractivity contribution < 1.29 is 0 Å². The van der Waals surface area contributed by atoms with E-state index in [2.05, 4.69) is 28.9 Å². The topological polar surface area (TPSA) is 46.5 Å². The van der Waals surface area contributed by atoms with Gasteiger partial charge in [-0.2, -0.15) is 5.10 Å². The summed E-state index contributed by atoms with van der Waals surface area (Å²) in [7, 11) is 1.90. The molecule has 0 spiro atoms. The van der Waals surface area contributed by atoms with E-state index in [0.29, 0.717) is 10.6 Å². The minimum atomic E-state index is 0.340. The summed E-state index contributed by atoms with van der Waals surface area (Å²) in [6, 6.07) is 0. The summed E-state index contributed by atoms with van der Waals surface area (Å²) in [5.41, 5.74) is 3.13. The molecule has 2 heterocycles. The molecular formula is C11H14N4S. The summed E-state index contributed by atoms with van der Waals surface area (Å²) >= 11 is 5.26. The third kappa shape index (κ3) is 1.90. The Hall–Kier alpha value is -1.49. The summed E-state index contributed by atoms with van der Waals surface area (Å²) in [6.45, 7) is 4.22. The van der Waals surface area contributed by atoms with E-state index >= 15 is 0 Å². The molecule has 0 aliphatic rings. The fourth-order valence-electron chi connectivity index (χ4n) is 1.73. The van der Waals surface area contributed by atoms with Crippen molar-refractivity contribution in [3.8, 4) is 11.3 Å². The lowest BCUT2D eigenvalue weighted by atomic mass is 10.0. The first-order valence-corrected chi connectivity index (χ1v) is 5.57. The highest BCUT2D eigenvalue weighted by atomic mass is 32.1. The van der Waals surface area contributed by atoms with Crippen molar-refractivity contribution in [2.75, 3.05) is 0 Å². The van der Waals surface area contributed by atoms with Crippen LogP contribution in [0.2, 0.25) is 0 Å². The van der Waals surface area contributed by atoms with Crippen LogP contribution >= 0.6 is 12.2 Å². The first-order valence-electron chi connectivity index (χ1n) is 5.16. The Kier molecular flexibility index (Phi) is 2.87. The van der Waals surface area contributed by atoms with Gasteiger partial charge in [0.05, 0.1) is 18.2 Å². The van der Waals surface area contributed by atoms with Crippen LogP contribution < -0.4 is 0 Å². The van der Waals surface area contributed by atoms with Crippen LogP contribution in [0, 0.1) is 4.64 Å². The van der Waals surface area contributed by atoms with E-state index in [0.717, 1.165) is 16.8 Å². The Labute approximate surface area is 99.4 Å². The summed E-state index contributed by atoms with van der Waals surface area (Å²) in [5, 5.41) is 4.17. The van der Waals surface area contributed by atoms with Gasteiger partial charge >= 0.3 is 0 Å². The fraction of sp³-hybridized carbons (Fsp3) is 0.364. The van der Waals surface area contributed by atoms with E-state index in [-0.39, 0.29) is 0 Å². The second-order valence-corrected chi connectivity index (χ2v) is 4.44. The maximum atomic E-state index is 5.26. The van der Waals surface area contributed by atoms with E-state index in [1.165, 1.54) is 0 Å². The number of rotatable bonds is 2. The van der Waals surface area contributed by atoms with Crippen molar-refractivity contribution in [3.63, 3.8) is 0 Å². The molecule has 0 aliphatic carbocycles. The molecule has 0 bridgehead atoms. The number of nitrogens with zero attached hydrogens (tertiary/aromatic N) is 3. The average molecular weight is 234 g/mol. The van der Waals surface area contributed by atoms with Gasteiger partial charge in [0.1, 0.15) is 4.64 Å². The van der Waals surface area contributed by atoms with Crippen molar-refractivity contribution in [2.45, 2.75) is 19.8 Å². The summed E-state index contributed by atoms with van der Waals surface area (Å²) in [5.74, 6) is 0.340. The molecule has 2 aromatic heterocycles. The van der Waals surface area contributed by atoms with E-state index in [1.54, 1.807) is 11.0 Å². The molecule has 4 nitrogen and oxygen atoms in total. The van der Waals surface area contributed by atoms with Gasteiger partial charge in [0, 0.05) is 24.4 Å². The van der Waals surface area contributed by atoms with Crippen LogP contribution in [-0.2, 0) is 7.05 Å². The summed E-state index contributed by atoms with van der Waals surface area (Å²) in [6.07, 6.45) is 5.43. The van der Waals surface area contributed by atoms with Crippen LogP contribution in [0.1, 0.15) is 25.3 Å². The maximum absolute atomic E-state index is 5.26. The first kappa shape index (κ1) is 11.0. The SMILES string of the molecule is CC(C)c1c(-c2cnn(C)c2)[nH]cnc1=S. The second-order valence-electron chi connectivity index (χ2n) is 4.05. The van der Waals surface area contributed by atoms with Gasteiger partial charge in [-0.1, -0.05) is 26.1 Å². The Balaban J connectivity index is 2.65. The molecule has 0 fully saturated rings. The van der Waals surface area contributed by atoms with E-state index < -0.39 is 0 Å². The molecule has 1 N–H and O–H groups in total. The number of hydrogen-bond donors (Lipinski definition) is 1. The molecule has 2 rings (SSSR count). The van der Waals surface area contributed by atoms with Crippen LogP contribution in [0.5, 0.6) is 0 Å². The van der Waals surface area contributed by atoms with Crippen molar-refractivity contribution in [3.05, 3.63) is 28.9 Å². The lowest BCUT2D eigenvalue weighted by Crippen LogP contribution is -1.98. The molecule has 0 saturated carbocycles. The summed E-state index contributed by atoms with van der Waals surface area (Å²) < 4.78 is 2.43. The predicted molar refractivity (Wildman–Crippen MR) is 65.7 cm³/mol. The Morgan fingerprint density at radius 1 is 1.44 bits per heavy atom. The molecule has 0 radical (unpaired) electrons. The number of aromatic amines is 1. The number of nitrogens with one attached hydrogen (secondary N) is 1. The van der Waals surface area contributed by atoms with Crippen molar-refractivity contribution in [1.82, 2.24) is 19.7 Å². The quantitative estimate of drug-likeness (QED) is 0.813. The minimum Gasteiger partial charge on any atom is -0.345 e. The highest BCUT2D eigenvalue weighted by molar-refractivity contribution is 7.71. The van der Waals surface area contributed by atoms with Gasteiger partial charge in [0.15, 0.2) is 0 Å². The molecule has 0 amide bonds. The van der Waals surface area contributed by atoms with Gasteiger partial charge in [0.2, 0.25) is 0 Å². The van der Waals surface area contributed by atoms with E-state index in [9.17, 15) is 0 Å². The van der Waals surface area contributed by atoms with Crippen LogP contribution in [0.15, 0.2) is 18.7 Å². The Morgan fingerprint density at radius 2 is 2.19 bits per heavy atom. The lowest BCUT2D eigenvalue weighted by Gasteiger charge is -2.10. The molecule has 84 valence electrons. The molecule has 0 unspecified atom stereocenters. The predicted octanol–water partition coefficient (Wildman–Crippen LogP) is 2.66. The van der Waals surface area contributed by atoms with Crippen LogP contribution in [0.3, 0.4) is 0 Å². The van der Waals surface area contributed by atoms with Gasteiger partial charge < -0.3 is 4.98 Å². The minimum absolute atomic E-state index is 0.340. The van der Waals surface area contributed by atoms with Crippen LogP contribution in [0.25, 0.3) is 11.3 Å². The van der Waals surface area contributed by atoms with Gasteiger partial charge in [-0.15, -0.1) is 0 Å². The molecule has 0 saturated heterocycles. The highest BCUT2D eigenvalue weighted by Crippen LogP contribution is 2.26. The van der Waals surface area contributed by atoms with Gasteiger partial charge in [-0.3, -0.25) is 4.68 Å². The van der Waals surface area contributed by atoms with Crippen LogP contribution in [0.4, 0.5) is 0 Å². The van der Waals surface area contributed by atoms with Gasteiger partial charge in [0.25, 0.3) is 0 Å². The molecule has 0 aromatic carbocycles. The Morgan fingerprint density at radius 3 is 2.75 bits per heavy atom. The third-order valence-corrected chi connectivity index (χ3v) is 2.79. The molecule has 0 atom stereocenters. The number of hydrogen-bond acceptors (Lipinski definition) is 3. The van der Waals surface area contributed by atoms with Crippen LogP contribution in [-0.4, -0.2) is 19.7 Å². The molecule has 0 aliphatic heterocycles. The normalized spacial score (nSPS) is 11.0. The average Bonchev–Trinajstić information content (AvgIpc) is 2.63.